The summed E-state index contributed by atoms with van der Waals surface area (Å²) in [5.41, 5.74) is 8.14. The van der Waals surface area contributed by atoms with Crippen molar-refractivity contribution in [3.8, 4) is 0 Å². The average Bonchev–Trinajstić information content (AvgIpc) is 2.09. The molecule has 70 valence electrons. The summed E-state index contributed by atoms with van der Waals surface area (Å²) in [7, 11) is 0. The Kier molecular flexibility index (Phi) is 2.26. The molecular formula is C9H10Cl2N2. The Labute approximate surface area is 87.3 Å². The largest absolute Gasteiger partial charge is 0.307 e. The van der Waals surface area contributed by atoms with E-state index < -0.39 is 0 Å². The molecule has 0 spiro atoms. The molecule has 0 aromatic carbocycles. The standard InChI is InChI=1S/C9H10Cl2N2/c1-5-2-6-8(11)4-12-13-9(6)3-7(5)10/h3-4,6,12-13H,2H2,1H3. The predicted molar refractivity (Wildman–Crippen MR) is 55.0 cm³/mol. The van der Waals surface area contributed by atoms with Gasteiger partial charge in [-0.05, 0) is 19.4 Å². The summed E-state index contributed by atoms with van der Waals surface area (Å²) < 4.78 is 0. The van der Waals surface area contributed by atoms with Gasteiger partial charge in [-0.25, -0.2) is 0 Å². The highest BCUT2D eigenvalue weighted by Crippen LogP contribution is 2.36. The van der Waals surface area contributed by atoms with E-state index >= 15 is 0 Å². The third kappa shape index (κ3) is 1.56. The number of hydrogen-bond acceptors (Lipinski definition) is 2. The van der Waals surface area contributed by atoms with Crippen LogP contribution >= 0.6 is 23.2 Å². The summed E-state index contributed by atoms with van der Waals surface area (Å²) in [5, 5.41) is 1.64. The fourth-order valence-electron chi connectivity index (χ4n) is 1.53. The number of nitrogens with one attached hydrogen (secondary N) is 2. The quantitative estimate of drug-likeness (QED) is 0.651. The van der Waals surface area contributed by atoms with Crippen molar-refractivity contribution in [1.82, 2.24) is 10.9 Å². The molecule has 0 saturated heterocycles. The van der Waals surface area contributed by atoms with Gasteiger partial charge in [0, 0.05) is 27.9 Å². The van der Waals surface area contributed by atoms with Crippen molar-refractivity contribution in [1.29, 1.82) is 0 Å². The van der Waals surface area contributed by atoms with E-state index in [0.717, 1.165) is 22.2 Å². The zero-order valence-electron chi connectivity index (χ0n) is 7.20. The van der Waals surface area contributed by atoms with Gasteiger partial charge in [0.2, 0.25) is 0 Å². The normalized spacial score (nSPS) is 26.8. The van der Waals surface area contributed by atoms with Crippen LogP contribution in [0.25, 0.3) is 0 Å². The second kappa shape index (κ2) is 3.28. The first-order valence-electron chi connectivity index (χ1n) is 4.12. The van der Waals surface area contributed by atoms with Crippen molar-refractivity contribution in [2.24, 2.45) is 5.92 Å². The van der Waals surface area contributed by atoms with Crippen molar-refractivity contribution in [2.75, 3.05) is 0 Å². The summed E-state index contributed by atoms with van der Waals surface area (Å²) >= 11 is 12.1. The monoisotopic (exact) mass is 216 g/mol. The zero-order valence-corrected chi connectivity index (χ0v) is 8.71. The second-order valence-corrected chi connectivity index (χ2v) is 4.13. The lowest BCUT2D eigenvalue weighted by molar-refractivity contribution is 0.561. The molecule has 1 aliphatic carbocycles. The van der Waals surface area contributed by atoms with E-state index in [0.29, 0.717) is 0 Å². The highest BCUT2D eigenvalue weighted by Gasteiger charge is 2.25. The molecule has 2 rings (SSSR count). The van der Waals surface area contributed by atoms with Gasteiger partial charge in [-0.2, -0.15) is 0 Å². The van der Waals surface area contributed by atoms with Gasteiger partial charge in [0.1, 0.15) is 0 Å². The summed E-state index contributed by atoms with van der Waals surface area (Å²) in [4.78, 5) is 0. The Morgan fingerprint density at radius 3 is 3.00 bits per heavy atom. The van der Waals surface area contributed by atoms with Gasteiger partial charge < -0.3 is 10.9 Å². The fourth-order valence-corrected chi connectivity index (χ4v) is 1.98. The highest BCUT2D eigenvalue weighted by molar-refractivity contribution is 6.32. The molecule has 2 N–H and O–H groups in total. The molecule has 1 aliphatic heterocycles. The number of halogens is 2. The van der Waals surface area contributed by atoms with Gasteiger partial charge in [-0.1, -0.05) is 28.8 Å². The number of allylic oxidation sites excluding steroid dienone is 4. The molecular weight excluding hydrogens is 207 g/mol. The predicted octanol–water partition coefficient (Wildman–Crippen LogP) is 2.59. The van der Waals surface area contributed by atoms with Crippen molar-refractivity contribution >= 4 is 23.2 Å². The molecule has 0 radical (unpaired) electrons. The lowest BCUT2D eigenvalue weighted by Crippen LogP contribution is -2.36. The molecule has 1 atom stereocenters. The molecule has 0 aromatic rings. The Balaban J connectivity index is 2.35. The van der Waals surface area contributed by atoms with Crippen LogP contribution in [-0.2, 0) is 0 Å². The van der Waals surface area contributed by atoms with Gasteiger partial charge in [-0.15, -0.1) is 0 Å². The average molecular weight is 217 g/mol. The molecule has 0 amide bonds. The van der Waals surface area contributed by atoms with E-state index in [9.17, 15) is 0 Å². The van der Waals surface area contributed by atoms with Gasteiger partial charge >= 0.3 is 0 Å². The summed E-state index contributed by atoms with van der Waals surface area (Å²) in [5.74, 6) is 0.255. The van der Waals surface area contributed by atoms with Crippen LogP contribution in [-0.4, -0.2) is 0 Å². The minimum Gasteiger partial charge on any atom is -0.307 e. The number of rotatable bonds is 0. The first-order valence-corrected chi connectivity index (χ1v) is 4.88. The third-order valence-corrected chi connectivity index (χ3v) is 3.14. The summed E-state index contributed by atoms with van der Waals surface area (Å²) in [6.07, 6.45) is 4.60. The van der Waals surface area contributed by atoms with Crippen molar-refractivity contribution in [3.05, 3.63) is 33.6 Å². The molecule has 13 heavy (non-hydrogen) atoms. The Bertz CT molecular complexity index is 329. The third-order valence-electron chi connectivity index (χ3n) is 2.34. The molecule has 1 unspecified atom stereocenters. The number of hydrazine groups is 1. The first-order chi connectivity index (χ1) is 6.18. The molecule has 0 fully saturated rings. The Morgan fingerprint density at radius 2 is 2.23 bits per heavy atom. The van der Waals surface area contributed by atoms with E-state index in [1.165, 1.54) is 5.57 Å². The maximum absolute atomic E-state index is 6.06. The SMILES string of the molecule is CC1=C(Cl)C=C2NNC=C(Cl)C2C1. The minimum absolute atomic E-state index is 0.255. The molecule has 1 heterocycles. The van der Waals surface area contributed by atoms with Crippen LogP contribution in [0.5, 0.6) is 0 Å². The van der Waals surface area contributed by atoms with Crippen LogP contribution in [0, 0.1) is 5.92 Å². The lowest BCUT2D eigenvalue weighted by atomic mass is 9.91. The Hall–Kier alpha value is -0.600. The molecule has 4 heteroatoms. The van der Waals surface area contributed by atoms with Crippen molar-refractivity contribution < 1.29 is 0 Å². The first kappa shape index (κ1) is 8.97. The summed E-state index contributed by atoms with van der Waals surface area (Å²) in [6, 6.07) is 0. The maximum atomic E-state index is 6.06. The van der Waals surface area contributed by atoms with Crippen LogP contribution in [0.15, 0.2) is 33.6 Å². The molecule has 0 aromatic heterocycles. The van der Waals surface area contributed by atoms with Crippen molar-refractivity contribution in [3.63, 3.8) is 0 Å². The second-order valence-electron chi connectivity index (χ2n) is 3.28. The lowest BCUT2D eigenvalue weighted by Gasteiger charge is -2.29. The van der Waals surface area contributed by atoms with Crippen LogP contribution in [0.1, 0.15) is 13.3 Å². The van der Waals surface area contributed by atoms with E-state index in [1.807, 2.05) is 13.0 Å². The maximum Gasteiger partial charge on any atom is 0.0449 e. The topological polar surface area (TPSA) is 24.1 Å². The Morgan fingerprint density at radius 1 is 1.46 bits per heavy atom. The van der Waals surface area contributed by atoms with E-state index in [-0.39, 0.29) is 5.92 Å². The molecule has 0 bridgehead atoms. The minimum atomic E-state index is 0.255. The van der Waals surface area contributed by atoms with Crippen LogP contribution in [0.3, 0.4) is 0 Å². The van der Waals surface area contributed by atoms with Crippen molar-refractivity contribution in [2.45, 2.75) is 13.3 Å². The fraction of sp³-hybridized carbons (Fsp3) is 0.333. The van der Waals surface area contributed by atoms with E-state index in [2.05, 4.69) is 10.9 Å². The number of hydrogen-bond donors (Lipinski definition) is 2. The smallest absolute Gasteiger partial charge is 0.0449 e. The van der Waals surface area contributed by atoms with E-state index in [4.69, 9.17) is 23.2 Å². The number of fused-ring (bicyclic) bond motifs is 1. The van der Waals surface area contributed by atoms with Gasteiger partial charge in [0.25, 0.3) is 0 Å². The highest BCUT2D eigenvalue weighted by atomic mass is 35.5. The van der Waals surface area contributed by atoms with Crippen LogP contribution < -0.4 is 10.9 Å². The summed E-state index contributed by atoms with van der Waals surface area (Å²) in [6.45, 7) is 2.03. The van der Waals surface area contributed by atoms with Gasteiger partial charge in [-0.3, -0.25) is 0 Å². The zero-order chi connectivity index (χ0) is 9.42. The van der Waals surface area contributed by atoms with Crippen LogP contribution in [0.4, 0.5) is 0 Å². The molecule has 0 saturated carbocycles. The van der Waals surface area contributed by atoms with Gasteiger partial charge in [0.15, 0.2) is 0 Å². The molecule has 2 aliphatic rings. The van der Waals surface area contributed by atoms with Gasteiger partial charge in [0.05, 0.1) is 0 Å². The molecule has 2 nitrogen and oxygen atoms in total. The van der Waals surface area contributed by atoms with E-state index in [1.54, 1.807) is 6.20 Å². The van der Waals surface area contributed by atoms with Crippen LogP contribution in [0.2, 0.25) is 0 Å².